The molecule has 1 saturated carbocycles. The normalized spacial score (nSPS) is 34.2. The molecular formula is C8H17NO. The van der Waals surface area contributed by atoms with Gasteiger partial charge in [-0.05, 0) is 31.2 Å². The number of rotatable bonds is 2. The van der Waals surface area contributed by atoms with Gasteiger partial charge in [-0.15, -0.1) is 0 Å². The zero-order chi connectivity index (χ0) is 7.40. The zero-order valence-electron chi connectivity index (χ0n) is 6.42. The number of hydrogen-bond acceptors (Lipinski definition) is 2. The number of nitrogens with two attached hydrogens (primary N) is 1. The van der Waals surface area contributed by atoms with Crippen LogP contribution in [0.1, 0.15) is 25.7 Å². The molecule has 0 heterocycles. The fourth-order valence-corrected chi connectivity index (χ4v) is 1.84. The molecule has 0 saturated heterocycles. The quantitative estimate of drug-likeness (QED) is 0.599. The van der Waals surface area contributed by atoms with Crippen LogP contribution in [0.15, 0.2) is 0 Å². The van der Waals surface area contributed by atoms with E-state index in [2.05, 4.69) is 0 Å². The lowest BCUT2D eigenvalue weighted by Gasteiger charge is -2.28. The molecule has 0 unspecified atom stereocenters. The second-order valence-electron chi connectivity index (χ2n) is 3.22. The maximum Gasteiger partial charge on any atom is 0.0462 e. The van der Waals surface area contributed by atoms with E-state index >= 15 is 0 Å². The fourth-order valence-electron chi connectivity index (χ4n) is 1.84. The first-order chi connectivity index (χ1) is 4.88. The second-order valence-corrected chi connectivity index (χ2v) is 3.22. The number of aliphatic hydroxyl groups is 1. The highest BCUT2D eigenvalue weighted by molar-refractivity contribution is 4.74. The summed E-state index contributed by atoms with van der Waals surface area (Å²) in [5.41, 5.74) is 5.56. The Kier molecular flexibility index (Phi) is 3.16. The van der Waals surface area contributed by atoms with Crippen LogP contribution in [0.25, 0.3) is 0 Å². The van der Waals surface area contributed by atoms with Crippen LogP contribution in [-0.2, 0) is 0 Å². The topological polar surface area (TPSA) is 46.2 Å². The number of aliphatic hydroxyl groups excluding tert-OH is 1. The van der Waals surface area contributed by atoms with Crippen molar-refractivity contribution in [2.75, 3.05) is 13.2 Å². The van der Waals surface area contributed by atoms with E-state index in [9.17, 15) is 0 Å². The third-order valence-corrected chi connectivity index (χ3v) is 2.60. The molecule has 1 aliphatic carbocycles. The highest BCUT2D eigenvalue weighted by Gasteiger charge is 2.22. The molecule has 1 fully saturated rings. The summed E-state index contributed by atoms with van der Waals surface area (Å²) in [5, 5.41) is 8.94. The molecule has 0 aromatic heterocycles. The molecule has 2 heteroatoms. The van der Waals surface area contributed by atoms with E-state index in [-0.39, 0.29) is 0 Å². The van der Waals surface area contributed by atoms with Crippen molar-refractivity contribution in [2.45, 2.75) is 25.7 Å². The lowest BCUT2D eigenvalue weighted by atomic mass is 9.80. The van der Waals surface area contributed by atoms with E-state index < -0.39 is 0 Å². The Bertz CT molecular complexity index is 83.3. The van der Waals surface area contributed by atoms with Crippen molar-refractivity contribution in [3.05, 3.63) is 0 Å². The van der Waals surface area contributed by atoms with Gasteiger partial charge in [0.2, 0.25) is 0 Å². The molecule has 0 aliphatic heterocycles. The van der Waals surface area contributed by atoms with Gasteiger partial charge in [0.1, 0.15) is 0 Å². The average Bonchev–Trinajstić information content (AvgIpc) is 2.04. The highest BCUT2D eigenvalue weighted by Crippen LogP contribution is 2.28. The first-order valence-electron chi connectivity index (χ1n) is 4.19. The largest absolute Gasteiger partial charge is 0.396 e. The summed E-state index contributed by atoms with van der Waals surface area (Å²) in [4.78, 5) is 0. The van der Waals surface area contributed by atoms with E-state index in [1.807, 2.05) is 0 Å². The molecule has 1 aliphatic rings. The maximum atomic E-state index is 8.94. The summed E-state index contributed by atoms with van der Waals surface area (Å²) in [6.07, 6.45) is 4.99. The second kappa shape index (κ2) is 3.94. The molecule has 0 aromatic rings. The SMILES string of the molecule is NC[C@H]1CCCC[C@H]1CO. The standard InChI is InChI=1S/C8H17NO/c9-5-7-3-1-2-4-8(7)6-10/h7-8,10H,1-6,9H2/t7-,8+/m1/s1. The Morgan fingerprint density at radius 1 is 1.20 bits per heavy atom. The van der Waals surface area contributed by atoms with Gasteiger partial charge in [0, 0.05) is 6.61 Å². The maximum absolute atomic E-state index is 8.94. The van der Waals surface area contributed by atoms with E-state index in [1.165, 1.54) is 25.7 Å². The average molecular weight is 143 g/mol. The summed E-state index contributed by atoms with van der Waals surface area (Å²) in [7, 11) is 0. The summed E-state index contributed by atoms with van der Waals surface area (Å²) < 4.78 is 0. The van der Waals surface area contributed by atoms with Gasteiger partial charge in [0.25, 0.3) is 0 Å². The molecule has 0 bridgehead atoms. The zero-order valence-corrected chi connectivity index (χ0v) is 6.42. The molecule has 1 rings (SSSR count). The van der Waals surface area contributed by atoms with Crippen molar-refractivity contribution < 1.29 is 5.11 Å². The minimum atomic E-state index is 0.335. The van der Waals surface area contributed by atoms with E-state index in [0.29, 0.717) is 18.4 Å². The predicted molar refractivity (Wildman–Crippen MR) is 41.6 cm³/mol. The Hall–Kier alpha value is -0.0800. The lowest BCUT2D eigenvalue weighted by molar-refractivity contribution is 0.138. The van der Waals surface area contributed by atoms with Gasteiger partial charge >= 0.3 is 0 Å². The molecular weight excluding hydrogens is 126 g/mol. The van der Waals surface area contributed by atoms with Crippen LogP contribution in [0, 0.1) is 11.8 Å². The predicted octanol–water partition coefficient (Wildman–Crippen LogP) is 0.744. The molecule has 2 nitrogen and oxygen atoms in total. The lowest BCUT2D eigenvalue weighted by Crippen LogP contribution is -2.28. The van der Waals surface area contributed by atoms with Crippen LogP contribution in [0.2, 0.25) is 0 Å². The molecule has 2 atom stereocenters. The van der Waals surface area contributed by atoms with Crippen molar-refractivity contribution >= 4 is 0 Å². The summed E-state index contributed by atoms with van der Waals surface area (Å²) in [5.74, 6) is 1.09. The minimum absolute atomic E-state index is 0.335. The van der Waals surface area contributed by atoms with Crippen molar-refractivity contribution in [1.82, 2.24) is 0 Å². The van der Waals surface area contributed by atoms with E-state index in [0.717, 1.165) is 6.54 Å². The van der Waals surface area contributed by atoms with Gasteiger partial charge in [-0.2, -0.15) is 0 Å². The van der Waals surface area contributed by atoms with Crippen LogP contribution >= 0.6 is 0 Å². The minimum Gasteiger partial charge on any atom is -0.396 e. The van der Waals surface area contributed by atoms with Crippen LogP contribution in [0.5, 0.6) is 0 Å². The van der Waals surface area contributed by atoms with Gasteiger partial charge < -0.3 is 10.8 Å². The van der Waals surface area contributed by atoms with E-state index in [4.69, 9.17) is 10.8 Å². The Balaban J connectivity index is 2.34. The Labute approximate surface area is 62.4 Å². The van der Waals surface area contributed by atoms with Crippen LogP contribution in [0.4, 0.5) is 0 Å². The highest BCUT2D eigenvalue weighted by atomic mass is 16.3. The molecule has 0 amide bonds. The molecule has 3 N–H and O–H groups in total. The van der Waals surface area contributed by atoms with Crippen LogP contribution in [-0.4, -0.2) is 18.3 Å². The third-order valence-electron chi connectivity index (χ3n) is 2.60. The van der Waals surface area contributed by atoms with Crippen LogP contribution in [0.3, 0.4) is 0 Å². The van der Waals surface area contributed by atoms with Gasteiger partial charge in [-0.3, -0.25) is 0 Å². The molecule has 0 spiro atoms. The van der Waals surface area contributed by atoms with Crippen molar-refractivity contribution in [3.63, 3.8) is 0 Å². The van der Waals surface area contributed by atoms with Gasteiger partial charge in [0.15, 0.2) is 0 Å². The summed E-state index contributed by atoms with van der Waals surface area (Å²) >= 11 is 0. The Morgan fingerprint density at radius 3 is 2.20 bits per heavy atom. The summed E-state index contributed by atoms with van der Waals surface area (Å²) in [6.45, 7) is 1.09. The van der Waals surface area contributed by atoms with Gasteiger partial charge in [0.05, 0.1) is 0 Å². The molecule has 10 heavy (non-hydrogen) atoms. The van der Waals surface area contributed by atoms with Crippen LogP contribution < -0.4 is 5.73 Å². The third kappa shape index (κ3) is 1.70. The van der Waals surface area contributed by atoms with Crippen molar-refractivity contribution in [1.29, 1.82) is 0 Å². The smallest absolute Gasteiger partial charge is 0.0462 e. The van der Waals surface area contributed by atoms with Crippen molar-refractivity contribution in [3.8, 4) is 0 Å². The van der Waals surface area contributed by atoms with Gasteiger partial charge in [-0.25, -0.2) is 0 Å². The Morgan fingerprint density at radius 2 is 1.80 bits per heavy atom. The summed E-state index contributed by atoms with van der Waals surface area (Å²) in [6, 6.07) is 0. The van der Waals surface area contributed by atoms with E-state index in [1.54, 1.807) is 0 Å². The monoisotopic (exact) mass is 143 g/mol. The first kappa shape index (κ1) is 8.02. The first-order valence-corrected chi connectivity index (χ1v) is 4.19. The van der Waals surface area contributed by atoms with Crippen molar-refractivity contribution in [2.24, 2.45) is 17.6 Å². The molecule has 60 valence electrons. The fraction of sp³-hybridized carbons (Fsp3) is 1.00. The molecule has 0 radical (unpaired) electrons. The number of hydrogen-bond donors (Lipinski definition) is 2. The van der Waals surface area contributed by atoms with Gasteiger partial charge in [-0.1, -0.05) is 12.8 Å². The molecule has 0 aromatic carbocycles.